The molecule has 0 aliphatic carbocycles. The normalized spacial score (nSPS) is 17.0. The fourth-order valence-corrected chi connectivity index (χ4v) is 2.83. The van der Waals surface area contributed by atoms with Crippen molar-refractivity contribution in [2.45, 2.75) is 38.4 Å². The second kappa shape index (κ2) is 10.4. The monoisotopic (exact) mass is 372 g/mol. The molecule has 1 aliphatic rings. The molecule has 1 saturated heterocycles. The van der Waals surface area contributed by atoms with E-state index >= 15 is 0 Å². The lowest BCUT2D eigenvalue weighted by atomic mass is 9.97. The van der Waals surface area contributed by atoms with Gasteiger partial charge >= 0.3 is 6.18 Å². The number of rotatable bonds is 5. The predicted molar refractivity (Wildman–Crippen MR) is 92.8 cm³/mol. The van der Waals surface area contributed by atoms with Crippen molar-refractivity contribution in [2.24, 2.45) is 0 Å². The van der Waals surface area contributed by atoms with Gasteiger partial charge < -0.3 is 5.32 Å². The van der Waals surface area contributed by atoms with E-state index < -0.39 is 12.6 Å². The van der Waals surface area contributed by atoms with E-state index in [4.69, 9.17) is 0 Å². The number of hydrogen-bond donors (Lipinski definition) is 1. The summed E-state index contributed by atoms with van der Waals surface area (Å²) in [5, 5.41) is 3.25. The van der Waals surface area contributed by atoms with E-state index in [0.29, 0.717) is 0 Å². The molecule has 1 atom stereocenters. The molecule has 1 aliphatic heterocycles. The van der Waals surface area contributed by atoms with Gasteiger partial charge in [0.2, 0.25) is 0 Å². The molecular weight excluding hydrogens is 348 g/mol. The summed E-state index contributed by atoms with van der Waals surface area (Å²) < 4.78 is 37.8. The summed E-state index contributed by atoms with van der Waals surface area (Å²) in [7, 11) is 0. The van der Waals surface area contributed by atoms with E-state index in [1.165, 1.54) is 5.56 Å². The van der Waals surface area contributed by atoms with Crippen LogP contribution >= 0.6 is 24.8 Å². The molecule has 134 valence electrons. The maximum atomic E-state index is 12.6. The molecule has 2 nitrogen and oxygen atoms in total. The average Bonchev–Trinajstić information content (AvgIpc) is 2.48. The first kappa shape index (κ1) is 22.5. The summed E-state index contributed by atoms with van der Waals surface area (Å²) in [6.45, 7) is 5.37. The van der Waals surface area contributed by atoms with Crippen LogP contribution in [0.2, 0.25) is 0 Å². The van der Waals surface area contributed by atoms with Crippen LogP contribution in [0.5, 0.6) is 0 Å². The second-order valence-electron chi connectivity index (χ2n) is 5.55. The molecule has 0 saturated carbocycles. The number of alkyl halides is 3. The largest absolute Gasteiger partial charge is 0.389 e. The van der Waals surface area contributed by atoms with E-state index in [9.17, 15) is 13.2 Å². The summed E-state index contributed by atoms with van der Waals surface area (Å²) >= 11 is 0. The maximum Gasteiger partial charge on any atom is 0.389 e. The Morgan fingerprint density at radius 2 is 1.65 bits per heavy atom. The highest BCUT2D eigenvalue weighted by atomic mass is 35.5. The van der Waals surface area contributed by atoms with Crippen molar-refractivity contribution in [3.8, 4) is 0 Å². The first-order valence-electron chi connectivity index (χ1n) is 7.60. The van der Waals surface area contributed by atoms with Gasteiger partial charge in [0.05, 0.1) is 0 Å². The van der Waals surface area contributed by atoms with Crippen LogP contribution in [0.3, 0.4) is 0 Å². The van der Waals surface area contributed by atoms with Gasteiger partial charge in [-0.15, -0.1) is 24.8 Å². The Morgan fingerprint density at radius 3 is 2.13 bits per heavy atom. The molecule has 0 bridgehead atoms. The summed E-state index contributed by atoms with van der Waals surface area (Å²) in [4.78, 5) is 2.17. The highest BCUT2D eigenvalue weighted by Crippen LogP contribution is 2.31. The van der Waals surface area contributed by atoms with Gasteiger partial charge in [0.1, 0.15) is 0 Å². The Labute approximate surface area is 148 Å². The number of piperazine rings is 1. The molecule has 23 heavy (non-hydrogen) atoms. The van der Waals surface area contributed by atoms with Crippen LogP contribution in [0.15, 0.2) is 24.3 Å². The SMILES string of the molecule is CCc1ccc([C@H](CCC(F)(F)F)N2CCNCC2)cc1.Cl.Cl. The van der Waals surface area contributed by atoms with Crippen molar-refractivity contribution in [1.29, 1.82) is 0 Å². The van der Waals surface area contributed by atoms with E-state index in [2.05, 4.69) is 17.1 Å². The van der Waals surface area contributed by atoms with Crippen LogP contribution in [-0.4, -0.2) is 37.3 Å². The van der Waals surface area contributed by atoms with Gasteiger partial charge in [-0.3, -0.25) is 4.90 Å². The zero-order valence-corrected chi connectivity index (χ0v) is 14.9. The molecule has 0 amide bonds. The second-order valence-corrected chi connectivity index (χ2v) is 5.55. The zero-order chi connectivity index (χ0) is 15.3. The van der Waals surface area contributed by atoms with Gasteiger partial charge in [0.25, 0.3) is 0 Å². The highest BCUT2D eigenvalue weighted by Gasteiger charge is 2.31. The molecule has 0 aromatic heterocycles. The van der Waals surface area contributed by atoms with Gasteiger partial charge in [-0.25, -0.2) is 0 Å². The molecule has 0 radical (unpaired) electrons. The summed E-state index contributed by atoms with van der Waals surface area (Å²) in [6.07, 6.45) is -3.73. The van der Waals surface area contributed by atoms with Gasteiger partial charge in [-0.1, -0.05) is 31.2 Å². The van der Waals surface area contributed by atoms with E-state index in [1.807, 2.05) is 24.3 Å². The molecule has 1 fully saturated rings. The summed E-state index contributed by atoms with van der Waals surface area (Å²) in [5.41, 5.74) is 2.21. The Kier molecular flexibility index (Phi) is 10.2. The number of nitrogens with one attached hydrogen (secondary N) is 1. The Morgan fingerprint density at radius 1 is 1.09 bits per heavy atom. The van der Waals surface area contributed by atoms with E-state index in [-0.39, 0.29) is 37.3 Å². The molecule has 7 heteroatoms. The third kappa shape index (κ3) is 7.29. The van der Waals surface area contributed by atoms with E-state index in [0.717, 1.165) is 38.2 Å². The maximum absolute atomic E-state index is 12.6. The number of benzene rings is 1. The minimum atomic E-state index is -4.09. The third-order valence-corrected chi connectivity index (χ3v) is 4.07. The highest BCUT2D eigenvalue weighted by molar-refractivity contribution is 5.85. The van der Waals surface area contributed by atoms with Crippen molar-refractivity contribution in [3.05, 3.63) is 35.4 Å². The predicted octanol–water partition coefficient (Wildman–Crippen LogP) is 4.38. The molecule has 0 unspecified atom stereocenters. The first-order chi connectivity index (χ1) is 9.99. The quantitative estimate of drug-likeness (QED) is 0.824. The zero-order valence-electron chi connectivity index (χ0n) is 13.2. The molecule has 1 aromatic carbocycles. The Bertz CT molecular complexity index is 432. The Balaban J connectivity index is 0.00000242. The van der Waals surface area contributed by atoms with Crippen LogP contribution in [-0.2, 0) is 6.42 Å². The first-order valence-corrected chi connectivity index (χ1v) is 7.60. The smallest absolute Gasteiger partial charge is 0.314 e. The Hall–Kier alpha value is -0.490. The summed E-state index contributed by atoms with van der Waals surface area (Å²) in [6, 6.07) is 7.89. The fourth-order valence-electron chi connectivity index (χ4n) is 2.83. The van der Waals surface area contributed by atoms with E-state index in [1.54, 1.807) is 0 Å². The molecule has 1 heterocycles. The van der Waals surface area contributed by atoms with Crippen molar-refractivity contribution in [1.82, 2.24) is 10.2 Å². The minimum absolute atomic E-state index is 0. The van der Waals surface area contributed by atoms with Gasteiger partial charge in [0.15, 0.2) is 0 Å². The molecular formula is C16H25Cl2F3N2. The van der Waals surface area contributed by atoms with Crippen LogP contribution < -0.4 is 5.32 Å². The van der Waals surface area contributed by atoms with Crippen molar-refractivity contribution in [2.75, 3.05) is 26.2 Å². The van der Waals surface area contributed by atoms with Gasteiger partial charge in [-0.05, 0) is 24.0 Å². The average molecular weight is 373 g/mol. The fraction of sp³-hybridized carbons (Fsp3) is 0.625. The molecule has 1 N–H and O–H groups in total. The van der Waals surface area contributed by atoms with Crippen LogP contribution in [0.25, 0.3) is 0 Å². The number of hydrogen-bond acceptors (Lipinski definition) is 2. The van der Waals surface area contributed by atoms with Crippen LogP contribution in [0.4, 0.5) is 13.2 Å². The number of aryl methyl sites for hydroxylation is 1. The lowest BCUT2D eigenvalue weighted by Crippen LogP contribution is -2.45. The molecule has 2 rings (SSSR count). The lowest BCUT2D eigenvalue weighted by Gasteiger charge is -2.35. The van der Waals surface area contributed by atoms with Crippen LogP contribution in [0.1, 0.15) is 36.9 Å². The van der Waals surface area contributed by atoms with Gasteiger partial charge in [-0.2, -0.15) is 13.2 Å². The third-order valence-electron chi connectivity index (χ3n) is 4.07. The van der Waals surface area contributed by atoms with Crippen molar-refractivity contribution in [3.63, 3.8) is 0 Å². The van der Waals surface area contributed by atoms with Crippen molar-refractivity contribution < 1.29 is 13.2 Å². The number of halogens is 5. The van der Waals surface area contributed by atoms with Gasteiger partial charge in [0, 0.05) is 38.6 Å². The molecule has 0 spiro atoms. The standard InChI is InChI=1S/C16H23F3N2.2ClH/c1-2-13-3-5-14(6-4-13)15(7-8-16(17,18)19)21-11-9-20-10-12-21;;/h3-6,15,20H,2,7-12H2,1H3;2*1H/t15-;;/m0../s1. The van der Waals surface area contributed by atoms with Crippen molar-refractivity contribution >= 4 is 24.8 Å². The molecule has 1 aromatic rings. The van der Waals surface area contributed by atoms with Crippen LogP contribution in [0, 0.1) is 0 Å². The minimum Gasteiger partial charge on any atom is -0.314 e. The summed E-state index contributed by atoms with van der Waals surface area (Å²) in [5.74, 6) is 0. The number of nitrogens with zero attached hydrogens (tertiary/aromatic N) is 1. The lowest BCUT2D eigenvalue weighted by molar-refractivity contribution is -0.138. The topological polar surface area (TPSA) is 15.3 Å².